The highest BCUT2D eigenvalue weighted by Crippen LogP contribution is 2.52. The van der Waals surface area contributed by atoms with Crippen molar-refractivity contribution in [1.29, 1.82) is 0 Å². The molecular weight excluding hydrogens is 506 g/mol. The molecule has 6 nitrogen and oxygen atoms in total. The highest BCUT2D eigenvalue weighted by Gasteiger charge is 2.50. The van der Waals surface area contributed by atoms with Gasteiger partial charge in [0.1, 0.15) is 0 Å². The van der Waals surface area contributed by atoms with Crippen molar-refractivity contribution < 1.29 is 10.0 Å². The van der Waals surface area contributed by atoms with Crippen molar-refractivity contribution in [2.24, 2.45) is 0 Å². The number of anilines is 1. The molecule has 0 bridgehead atoms. The van der Waals surface area contributed by atoms with Crippen LogP contribution in [0.3, 0.4) is 0 Å². The molecule has 1 aliphatic heterocycles. The van der Waals surface area contributed by atoms with E-state index in [2.05, 4.69) is 65.5 Å². The summed E-state index contributed by atoms with van der Waals surface area (Å²) in [5.41, 5.74) is 3.59. The number of unbranched alkanes of at least 4 members (excludes halogenated alkanes) is 2. The molecule has 0 aromatic heterocycles. The molecule has 0 spiro atoms. The van der Waals surface area contributed by atoms with Crippen molar-refractivity contribution in [2.75, 3.05) is 19.0 Å². The Morgan fingerprint density at radius 2 is 1.67 bits per heavy atom. The van der Waals surface area contributed by atoms with Gasteiger partial charge in [-0.05, 0) is 59.7 Å². The number of aliphatic hydroxyl groups is 1. The molecule has 0 radical (unpaired) electrons. The number of non-ortho nitro benzene ring substituents is 1. The van der Waals surface area contributed by atoms with E-state index in [9.17, 15) is 15.2 Å². The minimum atomic E-state index is -0.757. The van der Waals surface area contributed by atoms with Crippen LogP contribution in [0.25, 0.3) is 0 Å². The minimum absolute atomic E-state index is 0.0516. The van der Waals surface area contributed by atoms with Gasteiger partial charge in [0.25, 0.3) is 5.69 Å². The van der Waals surface area contributed by atoms with Gasteiger partial charge in [-0.25, -0.2) is 4.31 Å². The summed E-state index contributed by atoms with van der Waals surface area (Å²) in [6.07, 6.45) is 5.00. The molecule has 0 saturated heterocycles. The van der Waals surface area contributed by atoms with Gasteiger partial charge >= 0.3 is 0 Å². The maximum atomic E-state index is 12.7. The van der Waals surface area contributed by atoms with Crippen molar-refractivity contribution in [2.45, 2.75) is 81.4 Å². The van der Waals surface area contributed by atoms with E-state index in [1.807, 2.05) is 26.2 Å². The average molecular weight is 548 g/mol. The monoisotopic (exact) mass is 547 g/mol. The molecule has 0 fully saturated rings. The summed E-state index contributed by atoms with van der Waals surface area (Å²) in [5.74, 6) is -0.401. The van der Waals surface area contributed by atoms with Gasteiger partial charge in [0.2, 0.25) is 0 Å². The fourth-order valence-electron chi connectivity index (χ4n) is 5.75. The average Bonchev–Trinajstić information content (AvgIpc) is 3.03. The third-order valence-corrected chi connectivity index (χ3v) is 9.23. The van der Waals surface area contributed by atoms with Crippen LogP contribution in [0, 0.1) is 10.1 Å². The van der Waals surface area contributed by atoms with E-state index in [-0.39, 0.29) is 10.6 Å². The summed E-state index contributed by atoms with van der Waals surface area (Å²) in [6.45, 7) is 5.09. The number of benzene rings is 3. The first-order valence-electron chi connectivity index (χ1n) is 14.0. The van der Waals surface area contributed by atoms with Crippen LogP contribution in [0.2, 0.25) is 0 Å². The Morgan fingerprint density at radius 1 is 0.974 bits per heavy atom. The third-order valence-electron chi connectivity index (χ3n) is 7.95. The fraction of sp³-hybridized carbons (Fsp3) is 0.438. The smallest absolute Gasteiger partial charge is 0.269 e. The standard InChI is InChI=1S/C32H41N3O3S/c1-5-7-19-32(20-8-6-2)31(36)30(25-15-12-16-27(21-25)35(37)38)28-22-26(33(3)4)17-18-29(28)39-34(32)23-24-13-10-9-11-14-24/h9-18,21-22,30-31,36H,5-8,19-20,23H2,1-4H3/t30-,31-/m1/s1. The number of nitro groups is 1. The lowest BCUT2D eigenvalue weighted by Crippen LogP contribution is -2.55. The van der Waals surface area contributed by atoms with E-state index in [1.165, 1.54) is 11.6 Å². The van der Waals surface area contributed by atoms with Gasteiger partial charge in [-0.15, -0.1) is 0 Å². The molecule has 0 aliphatic carbocycles. The number of aliphatic hydroxyl groups excluding tert-OH is 1. The van der Waals surface area contributed by atoms with Gasteiger partial charge in [0.05, 0.1) is 16.6 Å². The van der Waals surface area contributed by atoms with E-state index in [4.69, 9.17) is 0 Å². The summed E-state index contributed by atoms with van der Waals surface area (Å²) in [7, 11) is 4.03. The van der Waals surface area contributed by atoms with Crippen LogP contribution in [-0.4, -0.2) is 40.1 Å². The lowest BCUT2D eigenvalue weighted by Gasteiger charge is -2.47. The molecule has 1 N–H and O–H groups in total. The predicted octanol–water partition coefficient (Wildman–Crippen LogP) is 7.80. The number of hydrogen-bond donors (Lipinski definition) is 1. The largest absolute Gasteiger partial charge is 0.390 e. The Morgan fingerprint density at radius 3 is 2.28 bits per heavy atom. The molecule has 0 unspecified atom stereocenters. The molecule has 0 saturated carbocycles. The van der Waals surface area contributed by atoms with Crippen molar-refractivity contribution in [3.8, 4) is 0 Å². The summed E-state index contributed by atoms with van der Waals surface area (Å²) < 4.78 is 2.43. The summed E-state index contributed by atoms with van der Waals surface area (Å²) in [6, 6.07) is 23.8. The Balaban J connectivity index is 1.96. The van der Waals surface area contributed by atoms with Crippen LogP contribution >= 0.6 is 11.9 Å². The molecule has 3 aromatic carbocycles. The summed E-state index contributed by atoms with van der Waals surface area (Å²) in [4.78, 5) is 14.6. The second kappa shape index (κ2) is 13.0. The van der Waals surface area contributed by atoms with Crippen molar-refractivity contribution in [3.63, 3.8) is 0 Å². The van der Waals surface area contributed by atoms with Crippen LogP contribution < -0.4 is 4.90 Å². The van der Waals surface area contributed by atoms with E-state index >= 15 is 0 Å². The molecule has 2 atom stereocenters. The van der Waals surface area contributed by atoms with Gasteiger partial charge < -0.3 is 10.0 Å². The van der Waals surface area contributed by atoms with Crippen molar-refractivity contribution in [1.82, 2.24) is 4.31 Å². The molecule has 39 heavy (non-hydrogen) atoms. The Labute approximate surface area is 237 Å². The zero-order chi connectivity index (χ0) is 28.0. The van der Waals surface area contributed by atoms with Gasteiger partial charge in [-0.3, -0.25) is 10.1 Å². The van der Waals surface area contributed by atoms with Crippen LogP contribution in [0.1, 0.15) is 75.0 Å². The zero-order valence-electron chi connectivity index (χ0n) is 23.5. The summed E-state index contributed by atoms with van der Waals surface area (Å²) in [5, 5.41) is 24.4. The number of nitrogens with zero attached hydrogens (tertiary/aromatic N) is 3. The number of hydrogen-bond acceptors (Lipinski definition) is 6. The first-order valence-corrected chi connectivity index (χ1v) is 14.8. The van der Waals surface area contributed by atoms with Gasteiger partial charge in [0, 0.05) is 49.3 Å². The van der Waals surface area contributed by atoms with Gasteiger partial charge in [0.15, 0.2) is 0 Å². The lowest BCUT2D eigenvalue weighted by atomic mass is 9.72. The fourth-order valence-corrected chi connectivity index (χ4v) is 7.09. The van der Waals surface area contributed by atoms with Crippen LogP contribution in [0.15, 0.2) is 77.7 Å². The zero-order valence-corrected chi connectivity index (χ0v) is 24.4. The first-order chi connectivity index (χ1) is 18.8. The molecule has 4 rings (SSSR count). The third kappa shape index (κ3) is 6.32. The molecule has 1 aliphatic rings. The molecule has 208 valence electrons. The number of fused-ring (bicyclic) bond motifs is 1. The molecular formula is C32H41N3O3S. The van der Waals surface area contributed by atoms with E-state index in [0.29, 0.717) is 6.54 Å². The lowest BCUT2D eigenvalue weighted by molar-refractivity contribution is -0.384. The maximum Gasteiger partial charge on any atom is 0.269 e. The molecule has 1 heterocycles. The first kappa shape index (κ1) is 29.1. The maximum absolute atomic E-state index is 12.7. The molecule has 0 amide bonds. The van der Waals surface area contributed by atoms with Crippen LogP contribution in [0.4, 0.5) is 11.4 Å². The quantitative estimate of drug-likeness (QED) is 0.150. The Hall–Kier alpha value is -2.87. The highest BCUT2D eigenvalue weighted by molar-refractivity contribution is 7.97. The SMILES string of the molecule is CCCCC1(CCCC)[C@H](O)[C@H](c2cccc([N+](=O)[O-])c2)c2cc(N(C)C)ccc2SN1Cc1ccccc1. The van der Waals surface area contributed by atoms with E-state index < -0.39 is 17.6 Å². The van der Waals surface area contributed by atoms with Gasteiger partial charge in [-0.1, -0.05) is 82.0 Å². The normalized spacial score (nSPS) is 18.8. The number of nitro benzene ring substituents is 1. The Bertz CT molecular complexity index is 1240. The minimum Gasteiger partial charge on any atom is -0.390 e. The van der Waals surface area contributed by atoms with Crippen molar-refractivity contribution >= 4 is 23.3 Å². The van der Waals surface area contributed by atoms with E-state index in [1.54, 1.807) is 24.1 Å². The van der Waals surface area contributed by atoms with Crippen LogP contribution in [0.5, 0.6) is 0 Å². The number of rotatable bonds is 11. The predicted molar refractivity (Wildman–Crippen MR) is 161 cm³/mol. The van der Waals surface area contributed by atoms with Crippen LogP contribution in [-0.2, 0) is 6.54 Å². The highest BCUT2D eigenvalue weighted by atomic mass is 32.2. The van der Waals surface area contributed by atoms with Crippen molar-refractivity contribution in [3.05, 3.63) is 99.6 Å². The molecule has 7 heteroatoms. The summed E-state index contributed by atoms with van der Waals surface area (Å²) >= 11 is 1.73. The topological polar surface area (TPSA) is 69.8 Å². The Kier molecular flexibility index (Phi) is 9.70. The van der Waals surface area contributed by atoms with Gasteiger partial charge in [-0.2, -0.15) is 0 Å². The molecule has 3 aromatic rings. The second-order valence-electron chi connectivity index (χ2n) is 10.8. The second-order valence-corrected chi connectivity index (χ2v) is 11.9. The van der Waals surface area contributed by atoms with E-state index in [0.717, 1.165) is 60.2 Å².